The summed E-state index contributed by atoms with van der Waals surface area (Å²) in [6, 6.07) is 5.52. The first-order chi connectivity index (χ1) is 10.8. The molecule has 0 aliphatic carbocycles. The predicted octanol–water partition coefficient (Wildman–Crippen LogP) is 3.52. The lowest BCUT2D eigenvalue weighted by Gasteiger charge is -2.19. The molecule has 128 valence electrons. The van der Waals surface area contributed by atoms with E-state index in [1.165, 1.54) is 0 Å². The number of rotatable bonds is 7. The topological polar surface area (TPSA) is 59.6 Å². The summed E-state index contributed by atoms with van der Waals surface area (Å²) in [5.74, 6) is 0.803. The first-order valence-electron chi connectivity index (χ1n) is 7.47. The molecule has 0 atom stereocenters. The minimum absolute atomic E-state index is 0.418. The van der Waals surface area contributed by atoms with Gasteiger partial charge in [0.05, 0.1) is 7.11 Å². The number of ether oxygens (including phenoxy) is 2. The Morgan fingerprint density at radius 3 is 2.61 bits per heavy atom. The van der Waals surface area contributed by atoms with Crippen LogP contribution in [0.25, 0.3) is 0 Å². The van der Waals surface area contributed by atoms with Crippen LogP contribution in [0.1, 0.15) is 26.3 Å². The van der Waals surface area contributed by atoms with Crippen molar-refractivity contribution in [1.82, 2.24) is 10.6 Å². The zero-order chi connectivity index (χ0) is 17.3. The minimum Gasteiger partial charge on any atom is -0.496 e. The number of carbonyl (C=O) groups excluding carboxylic acids is 1. The van der Waals surface area contributed by atoms with E-state index >= 15 is 0 Å². The van der Waals surface area contributed by atoms with Crippen molar-refractivity contribution in [2.75, 3.05) is 20.2 Å². The molecule has 0 heterocycles. The maximum absolute atomic E-state index is 11.4. The zero-order valence-electron chi connectivity index (χ0n) is 14.1. The summed E-state index contributed by atoms with van der Waals surface area (Å²) in [6.45, 7) is 7.24. The van der Waals surface area contributed by atoms with Gasteiger partial charge in [-0.2, -0.15) is 0 Å². The Kier molecular flexibility index (Phi) is 7.92. The second-order valence-corrected chi connectivity index (χ2v) is 6.38. The fraction of sp³-hybridized carbons (Fsp3) is 0.471. The lowest BCUT2D eigenvalue weighted by Crippen LogP contribution is -2.32. The summed E-state index contributed by atoms with van der Waals surface area (Å²) >= 11 is 5.98. The van der Waals surface area contributed by atoms with Crippen molar-refractivity contribution in [2.24, 2.45) is 0 Å². The molecule has 0 fully saturated rings. The van der Waals surface area contributed by atoms with Crippen LogP contribution in [-0.4, -0.2) is 31.9 Å². The van der Waals surface area contributed by atoms with E-state index < -0.39 is 11.7 Å². The number of carbonyl (C=O) groups is 1. The highest BCUT2D eigenvalue weighted by Crippen LogP contribution is 2.22. The number of benzene rings is 1. The van der Waals surface area contributed by atoms with Crippen LogP contribution in [0.5, 0.6) is 5.75 Å². The van der Waals surface area contributed by atoms with Gasteiger partial charge >= 0.3 is 6.09 Å². The van der Waals surface area contributed by atoms with Crippen LogP contribution in [0.3, 0.4) is 0 Å². The number of alkyl carbamates (subject to hydrolysis) is 1. The van der Waals surface area contributed by atoms with Crippen LogP contribution in [0, 0.1) is 0 Å². The van der Waals surface area contributed by atoms with E-state index in [4.69, 9.17) is 21.1 Å². The van der Waals surface area contributed by atoms with Gasteiger partial charge in [0.25, 0.3) is 0 Å². The Labute approximate surface area is 143 Å². The highest BCUT2D eigenvalue weighted by molar-refractivity contribution is 6.30. The van der Waals surface area contributed by atoms with Gasteiger partial charge in [-0.15, -0.1) is 0 Å². The molecule has 0 saturated carbocycles. The van der Waals surface area contributed by atoms with Crippen molar-refractivity contribution in [2.45, 2.75) is 32.9 Å². The average Bonchev–Trinajstić information content (AvgIpc) is 2.44. The van der Waals surface area contributed by atoms with E-state index in [1.807, 2.05) is 45.1 Å². The van der Waals surface area contributed by atoms with Crippen molar-refractivity contribution in [3.63, 3.8) is 0 Å². The van der Waals surface area contributed by atoms with Gasteiger partial charge in [0.1, 0.15) is 11.4 Å². The minimum atomic E-state index is -0.481. The van der Waals surface area contributed by atoms with Gasteiger partial charge in [-0.25, -0.2) is 4.79 Å². The van der Waals surface area contributed by atoms with Crippen molar-refractivity contribution in [1.29, 1.82) is 0 Å². The monoisotopic (exact) mass is 340 g/mol. The second kappa shape index (κ2) is 9.43. The van der Waals surface area contributed by atoms with Crippen molar-refractivity contribution in [3.8, 4) is 5.75 Å². The largest absolute Gasteiger partial charge is 0.496 e. The number of nitrogens with one attached hydrogen (secondary N) is 2. The van der Waals surface area contributed by atoms with Crippen LogP contribution in [0.2, 0.25) is 5.02 Å². The maximum atomic E-state index is 11.4. The Hall–Kier alpha value is -1.72. The molecule has 1 aromatic rings. The number of hydrogen-bond acceptors (Lipinski definition) is 4. The lowest BCUT2D eigenvalue weighted by molar-refractivity contribution is 0.0534. The molecule has 0 spiro atoms. The highest BCUT2D eigenvalue weighted by Gasteiger charge is 2.14. The maximum Gasteiger partial charge on any atom is 0.407 e. The molecule has 0 bridgehead atoms. The van der Waals surface area contributed by atoms with E-state index in [2.05, 4.69) is 10.6 Å². The molecule has 5 nitrogen and oxygen atoms in total. The molecule has 1 aromatic carbocycles. The summed E-state index contributed by atoms with van der Waals surface area (Å²) < 4.78 is 10.4. The highest BCUT2D eigenvalue weighted by atomic mass is 35.5. The first-order valence-corrected chi connectivity index (χ1v) is 7.84. The van der Waals surface area contributed by atoms with Gasteiger partial charge in [0, 0.05) is 30.2 Å². The summed E-state index contributed by atoms with van der Waals surface area (Å²) in [5, 5.41) is 6.60. The van der Waals surface area contributed by atoms with Gasteiger partial charge in [-0.1, -0.05) is 23.8 Å². The quantitative estimate of drug-likeness (QED) is 0.589. The molecular formula is C17H25ClN2O3. The van der Waals surface area contributed by atoms with E-state index in [9.17, 15) is 4.79 Å². The zero-order valence-corrected chi connectivity index (χ0v) is 14.9. The molecular weight excluding hydrogens is 316 g/mol. The van der Waals surface area contributed by atoms with E-state index in [1.54, 1.807) is 13.2 Å². The van der Waals surface area contributed by atoms with Crippen LogP contribution in [0.15, 0.2) is 30.4 Å². The third-order valence-electron chi connectivity index (χ3n) is 2.75. The predicted molar refractivity (Wildman–Crippen MR) is 93.1 cm³/mol. The Balaban J connectivity index is 2.25. The molecule has 0 saturated heterocycles. The summed E-state index contributed by atoms with van der Waals surface area (Å²) in [5.41, 5.74) is 0.519. The van der Waals surface area contributed by atoms with Crippen molar-refractivity contribution >= 4 is 17.7 Å². The van der Waals surface area contributed by atoms with Crippen molar-refractivity contribution < 1.29 is 14.3 Å². The molecule has 1 rings (SSSR count). The molecule has 0 aliphatic rings. The molecule has 0 aromatic heterocycles. The van der Waals surface area contributed by atoms with E-state index in [-0.39, 0.29) is 0 Å². The number of amides is 1. The molecule has 1 amide bonds. The number of halogens is 1. The van der Waals surface area contributed by atoms with Crippen molar-refractivity contribution in [3.05, 3.63) is 40.9 Å². The third kappa shape index (κ3) is 8.47. The summed E-state index contributed by atoms with van der Waals surface area (Å²) in [4.78, 5) is 11.4. The van der Waals surface area contributed by atoms with Gasteiger partial charge in [0.15, 0.2) is 0 Å². The van der Waals surface area contributed by atoms with E-state index in [0.29, 0.717) is 24.7 Å². The molecule has 23 heavy (non-hydrogen) atoms. The van der Waals surface area contributed by atoms with Crippen LogP contribution in [-0.2, 0) is 11.3 Å². The van der Waals surface area contributed by atoms with E-state index in [0.717, 1.165) is 11.3 Å². The molecule has 2 N–H and O–H groups in total. The van der Waals surface area contributed by atoms with Crippen LogP contribution < -0.4 is 15.4 Å². The lowest BCUT2D eigenvalue weighted by atomic mass is 10.2. The second-order valence-electron chi connectivity index (χ2n) is 5.94. The first kappa shape index (κ1) is 19.3. The molecule has 6 heteroatoms. The molecule has 0 radical (unpaired) electrons. The Bertz CT molecular complexity index is 539. The Morgan fingerprint density at radius 1 is 1.26 bits per heavy atom. The van der Waals surface area contributed by atoms with Crippen LogP contribution in [0.4, 0.5) is 4.79 Å². The Morgan fingerprint density at radius 2 is 1.96 bits per heavy atom. The molecule has 0 aliphatic heterocycles. The normalized spacial score (nSPS) is 11.5. The number of methoxy groups -OCH3 is 1. The fourth-order valence-corrected chi connectivity index (χ4v) is 1.99. The fourth-order valence-electron chi connectivity index (χ4n) is 1.80. The number of hydrogen-bond donors (Lipinski definition) is 2. The smallest absolute Gasteiger partial charge is 0.407 e. The third-order valence-corrected chi connectivity index (χ3v) is 2.98. The van der Waals surface area contributed by atoms with Gasteiger partial charge in [-0.05, 0) is 39.0 Å². The van der Waals surface area contributed by atoms with Gasteiger partial charge < -0.3 is 20.1 Å². The van der Waals surface area contributed by atoms with Gasteiger partial charge in [-0.3, -0.25) is 0 Å². The summed E-state index contributed by atoms with van der Waals surface area (Å²) in [7, 11) is 1.63. The summed E-state index contributed by atoms with van der Waals surface area (Å²) in [6.07, 6.45) is 3.39. The van der Waals surface area contributed by atoms with Gasteiger partial charge in [0.2, 0.25) is 0 Å². The van der Waals surface area contributed by atoms with Crippen LogP contribution >= 0.6 is 11.6 Å². The SMILES string of the molecule is COc1ccc(Cl)cc1CNC/C=C/CNC(=O)OC(C)(C)C. The molecule has 0 unspecified atom stereocenters. The average molecular weight is 341 g/mol. The standard InChI is InChI=1S/C17H25ClN2O3/c1-17(2,3)23-16(21)20-10-6-5-9-19-12-13-11-14(18)7-8-15(13)22-4/h5-8,11,19H,9-10,12H2,1-4H3,(H,20,21)/b6-5+.